The molecule has 4 nitrogen and oxygen atoms in total. The molecule has 1 heterocycles. The van der Waals surface area contributed by atoms with Crippen molar-refractivity contribution in [2.24, 2.45) is 5.73 Å². The first-order valence-electron chi connectivity index (χ1n) is 10.5. The van der Waals surface area contributed by atoms with Gasteiger partial charge in [-0.1, -0.05) is 93.0 Å². The first-order valence-corrected chi connectivity index (χ1v) is 12.8. The van der Waals surface area contributed by atoms with Crippen LogP contribution in [0.1, 0.15) is 39.7 Å². The number of hydrogen-bond acceptors (Lipinski definition) is 4. The molecule has 164 valence electrons. The Morgan fingerprint density at radius 2 is 1.45 bits per heavy atom. The van der Waals surface area contributed by atoms with Gasteiger partial charge in [0, 0.05) is 23.9 Å². The van der Waals surface area contributed by atoms with E-state index in [2.05, 4.69) is 74.3 Å². The molecule has 1 atom stereocenters. The van der Waals surface area contributed by atoms with Gasteiger partial charge in [-0.25, -0.2) is 4.98 Å². The Morgan fingerprint density at radius 3 is 1.94 bits per heavy atom. The fourth-order valence-electron chi connectivity index (χ4n) is 4.20. The van der Waals surface area contributed by atoms with E-state index in [1.807, 2.05) is 19.1 Å². The van der Waals surface area contributed by atoms with E-state index in [4.69, 9.17) is 21.8 Å². The van der Waals surface area contributed by atoms with Crippen LogP contribution >= 0.6 is 11.6 Å². The standard InChI is InChI=1S/C25H31ClN2O2Si/c1-24(2,3)31(19-11-7-5-8-12-19,20-13-9-6-10-14-20)30-18-16-25(4,27)21-15-17-28-23(26)22(21)29/h5-15,17,29H,16,18,27H2,1-4H3. The monoisotopic (exact) mass is 454 g/mol. The molecule has 2 aromatic carbocycles. The van der Waals surface area contributed by atoms with Crippen molar-refractivity contribution in [1.29, 1.82) is 0 Å². The van der Waals surface area contributed by atoms with Crippen molar-refractivity contribution in [3.8, 4) is 5.75 Å². The summed E-state index contributed by atoms with van der Waals surface area (Å²) >= 11 is 6.01. The summed E-state index contributed by atoms with van der Waals surface area (Å²) in [5.74, 6) is -0.0698. The molecule has 0 saturated heterocycles. The molecule has 0 spiro atoms. The van der Waals surface area contributed by atoms with Crippen LogP contribution in [0.4, 0.5) is 0 Å². The molecule has 0 bridgehead atoms. The van der Waals surface area contributed by atoms with Crippen LogP contribution in [0.5, 0.6) is 5.75 Å². The molecule has 0 saturated carbocycles. The Balaban J connectivity index is 1.97. The summed E-state index contributed by atoms with van der Waals surface area (Å²) in [4.78, 5) is 3.92. The van der Waals surface area contributed by atoms with E-state index in [-0.39, 0.29) is 15.9 Å². The second-order valence-corrected chi connectivity index (χ2v) is 13.8. The molecule has 1 unspecified atom stereocenters. The number of hydrogen-bond donors (Lipinski definition) is 2. The van der Waals surface area contributed by atoms with Gasteiger partial charge in [0.05, 0.1) is 0 Å². The van der Waals surface area contributed by atoms with E-state index in [0.29, 0.717) is 18.6 Å². The highest BCUT2D eigenvalue weighted by molar-refractivity contribution is 6.99. The van der Waals surface area contributed by atoms with E-state index < -0.39 is 13.9 Å². The molecule has 0 aliphatic carbocycles. The van der Waals surface area contributed by atoms with Crippen LogP contribution in [0.3, 0.4) is 0 Å². The lowest BCUT2D eigenvalue weighted by molar-refractivity contribution is 0.251. The maximum atomic E-state index is 10.4. The molecule has 6 heteroatoms. The summed E-state index contributed by atoms with van der Waals surface area (Å²) in [5, 5.41) is 12.8. The number of pyridine rings is 1. The first kappa shape index (κ1) is 23.5. The molecule has 0 fully saturated rings. The molecule has 3 aromatic rings. The third-order valence-corrected chi connectivity index (χ3v) is 11.2. The maximum Gasteiger partial charge on any atom is 0.261 e. The predicted molar refractivity (Wildman–Crippen MR) is 131 cm³/mol. The van der Waals surface area contributed by atoms with Crippen molar-refractivity contribution < 1.29 is 9.53 Å². The van der Waals surface area contributed by atoms with E-state index in [1.165, 1.54) is 10.4 Å². The second kappa shape index (κ2) is 9.13. The molecule has 31 heavy (non-hydrogen) atoms. The van der Waals surface area contributed by atoms with Crippen molar-refractivity contribution in [3.05, 3.63) is 83.6 Å². The summed E-state index contributed by atoms with van der Waals surface area (Å²) in [6, 6.07) is 22.7. The average molecular weight is 455 g/mol. The number of halogens is 1. The molecule has 0 aliphatic heterocycles. The van der Waals surface area contributed by atoms with Crippen LogP contribution in [-0.4, -0.2) is 25.0 Å². The van der Waals surface area contributed by atoms with Gasteiger partial charge in [0.25, 0.3) is 8.32 Å². The van der Waals surface area contributed by atoms with Gasteiger partial charge in [0.2, 0.25) is 0 Å². The largest absolute Gasteiger partial charge is 0.504 e. The quantitative estimate of drug-likeness (QED) is 0.405. The first-order chi connectivity index (χ1) is 14.6. The highest BCUT2D eigenvalue weighted by Gasteiger charge is 2.50. The summed E-state index contributed by atoms with van der Waals surface area (Å²) in [5.41, 5.74) is 6.36. The fourth-order valence-corrected chi connectivity index (χ4v) is 8.92. The third-order valence-electron chi connectivity index (χ3n) is 5.85. The van der Waals surface area contributed by atoms with Crippen molar-refractivity contribution in [2.75, 3.05) is 6.61 Å². The van der Waals surface area contributed by atoms with Gasteiger partial charge in [-0.3, -0.25) is 0 Å². The topological polar surface area (TPSA) is 68.4 Å². The van der Waals surface area contributed by atoms with Gasteiger partial charge in [-0.15, -0.1) is 0 Å². The van der Waals surface area contributed by atoms with Crippen LogP contribution in [-0.2, 0) is 9.96 Å². The lowest BCUT2D eigenvalue weighted by Gasteiger charge is -2.43. The lowest BCUT2D eigenvalue weighted by Crippen LogP contribution is -2.66. The molecule has 3 N–H and O–H groups in total. The van der Waals surface area contributed by atoms with Gasteiger partial charge < -0.3 is 15.3 Å². The number of benzene rings is 2. The smallest absolute Gasteiger partial charge is 0.261 e. The van der Waals surface area contributed by atoms with Gasteiger partial charge in [0.15, 0.2) is 10.9 Å². The third kappa shape index (κ3) is 4.70. The van der Waals surface area contributed by atoms with E-state index >= 15 is 0 Å². The summed E-state index contributed by atoms with van der Waals surface area (Å²) in [6.45, 7) is 9.06. The van der Waals surface area contributed by atoms with Crippen molar-refractivity contribution in [3.63, 3.8) is 0 Å². The predicted octanol–water partition coefficient (Wildman–Crippen LogP) is 4.58. The minimum Gasteiger partial charge on any atom is -0.504 e. The molecule has 0 radical (unpaired) electrons. The zero-order valence-electron chi connectivity index (χ0n) is 18.6. The van der Waals surface area contributed by atoms with E-state index in [9.17, 15) is 5.11 Å². The van der Waals surface area contributed by atoms with Crippen molar-refractivity contribution >= 4 is 30.3 Å². The Hall–Kier alpha value is -2.18. The molecule has 0 amide bonds. The molecule has 1 aromatic heterocycles. The normalized spacial score (nSPS) is 14.3. The van der Waals surface area contributed by atoms with Gasteiger partial charge in [-0.05, 0) is 34.8 Å². The van der Waals surface area contributed by atoms with Gasteiger partial charge in [0.1, 0.15) is 0 Å². The van der Waals surface area contributed by atoms with Crippen LogP contribution < -0.4 is 16.1 Å². The van der Waals surface area contributed by atoms with Gasteiger partial charge in [-0.2, -0.15) is 0 Å². The average Bonchev–Trinajstić information content (AvgIpc) is 2.73. The summed E-state index contributed by atoms with van der Waals surface area (Å²) < 4.78 is 6.92. The fraction of sp³-hybridized carbons (Fsp3) is 0.320. The van der Waals surface area contributed by atoms with Crippen LogP contribution in [0, 0.1) is 0 Å². The molecular formula is C25H31ClN2O2Si. The molecular weight excluding hydrogens is 424 g/mol. The van der Waals surface area contributed by atoms with Crippen LogP contribution in [0.25, 0.3) is 0 Å². The zero-order valence-corrected chi connectivity index (χ0v) is 20.4. The van der Waals surface area contributed by atoms with Crippen molar-refractivity contribution in [2.45, 2.75) is 44.7 Å². The number of aromatic hydroxyl groups is 1. The molecule has 0 aliphatic rings. The Labute approximate surface area is 191 Å². The number of rotatable bonds is 7. The summed E-state index contributed by atoms with van der Waals surface area (Å²) in [7, 11) is -2.63. The Kier molecular flexibility index (Phi) is 6.91. The van der Waals surface area contributed by atoms with E-state index in [0.717, 1.165) is 0 Å². The second-order valence-electron chi connectivity index (χ2n) is 9.18. The molecule has 3 rings (SSSR count). The number of nitrogens with zero attached hydrogens (tertiary/aromatic N) is 1. The minimum atomic E-state index is -2.63. The maximum absolute atomic E-state index is 10.4. The van der Waals surface area contributed by atoms with Crippen molar-refractivity contribution in [1.82, 2.24) is 4.98 Å². The van der Waals surface area contributed by atoms with Crippen LogP contribution in [0.15, 0.2) is 72.9 Å². The van der Waals surface area contributed by atoms with Gasteiger partial charge >= 0.3 is 0 Å². The highest BCUT2D eigenvalue weighted by atomic mass is 35.5. The SMILES string of the molecule is CC(N)(CCO[Si](c1ccccc1)(c1ccccc1)C(C)(C)C)c1ccnc(Cl)c1O. The number of aromatic nitrogens is 1. The minimum absolute atomic E-state index is 0.0575. The highest BCUT2D eigenvalue weighted by Crippen LogP contribution is 2.38. The Morgan fingerprint density at radius 1 is 0.935 bits per heavy atom. The number of nitrogens with two attached hydrogens (primary N) is 1. The van der Waals surface area contributed by atoms with Crippen LogP contribution in [0.2, 0.25) is 10.2 Å². The lowest BCUT2D eigenvalue weighted by atomic mass is 9.90. The Bertz CT molecular complexity index is 966. The summed E-state index contributed by atoms with van der Waals surface area (Å²) in [6.07, 6.45) is 2.08. The van der Waals surface area contributed by atoms with E-state index in [1.54, 1.807) is 12.3 Å². The zero-order chi connectivity index (χ0) is 22.7.